The molecule has 1 N–H and O–H groups in total. The van der Waals surface area contributed by atoms with Gasteiger partial charge in [0, 0.05) is 29.5 Å². The molecule has 0 aromatic carbocycles. The third-order valence-corrected chi connectivity index (χ3v) is 3.74. The van der Waals surface area contributed by atoms with Gasteiger partial charge in [-0.15, -0.1) is 0 Å². The van der Waals surface area contributed by atoms with Crippen molar-refractivity contribution in [2.75, 3.05) is 18.6 Å². The van der Waals surface area contributed by atoms with Crippen molar-refractivity contribution in [3.8, 4) is 0 Å². The lowest BCUT2D eigenvalue weighted by Gasteiger charge is -2.12. The van der Waals surface area contributed by atoms with Crippen LogP contribution in [0.15, 0.2) is 16.7 Å². The number of hydrogen-bond donors (Lipinski definition) is 1. The van der Waals surface area contributed by atoms with E-state index in [0.29, 0.717) is 5.69 Å². The zero-order chi connectivity index (χ0) is 13.9. The van der Waals surface area contributed by atoms with Gasteiger partial charge in [0.25, 0.3) is 5.91 Å². The van der Waals surface area contributed by atoms with E-state index in [-0.39, 0.29) is 24.2 Å². The summed E-state index contributed by atoms with van der Waals surface area (Å²) in [6, 6.07) is 1.88. The number of carbonyl (C=O) groups is 1. The summed E-state index contributed by atoms with van der Waals surface area (Å²) in [4.78, 5) is 11.9. The SMILES string of the molecule is CC(C)n1cc(Br)cc1C(=O)NCCS(C)(=O)=O. The molecule has 0 bridgehead atoms. The number of nitrogens with zero attached hydrogens (tertiary/aromatic N) is 1. The van der Waals surface area contributed by atoms with Crippen LogP contribution in [0.1, 0.15) is 30.4 Å². The Bertz CT molecular complexity index is 534. The van der Waals surface area contributed by atoms with Crippen LogP contribution < -0.4 is 5.32 Å². The molecule has 0 aliphatic rings. The minimum absolute atomic E-state index is 0.0533. The maximum atomic E-state index is 11.9. The molecular weight excluding hydrogens is 320 g/mol. The van der Waals surface area contributed by atoms with Crippen molar-refractivity contribution in [3.05, 3.63) is 22.4 Å². The highest BCUT2D eigenvalue weighted by Gasteiger charge is 2.15. The van der Waals surface area contributed by atoms with Gasteiger partial charge in [0.15, 0.2) is 0 Å². The molecule has 0 atom stereocenters. The first-order chi connectivity index (χ1) is 8.20. The van der Waals surface area contributed by atoms with E-state index in [4.69, 9.17) is 0 Å². The minimum atomic E-state index is -3.05. The van der Waals surface area contributed by atoms with Crippen LogP contribution in [0.3, 0.4) is 0 Å². The van der Waals surface area contributed by atoms with Crippen LogP contribution in [0.5, 0.6) is 0 Å². The highest BCUT2D eigenvalue weighted by atomic mass is 79.9. The zero-order valence-electron chi connectivity index (χ0n) is 10.6. The molecule has 0 aliphatic carbocycles. The second-order valence-electron chi connectivity index (χ2n) is 4.43. The van der Waals surface area contributed by atoms with Crippen molar-refractivity contribution >= 4 is 31.7 Å². The number of aromatic nitrogens is 1. The predicted molar refractivity (Wildman–Crippen MR) is 74.6 cm³/mol. The standard InChI is InChI=1S/C11H17BrN2O3S/c1-8(2)14-7-9(12)6-10(14)11(15)13-4-5-18(3,16)17/h6-8H,4-5H2,1-3H3,(H,13,15). The van der Waals surface area contributed by atoms with E-state index in [0.717, 1.165) is 10.7 Å². The lowest BCUT2D eigenvalue weighted by Crippen LogP contribution is -2.30. The Morgan fingerprint density at radius 2 is 2.11 bits per heavy atom. The number of hydrogen-bond acceptors (Lipinski definition) is 3. The van der Waals surface area contributed by atoms with Crippen LogP contribution >= 0.6 is 15.9 Å². The van der Waals surface area contributed by atoms with Gasteiger partial charge in [0.2, 0.25) is 0 Å². The van der Waals surface area contributed by atoms with Crippen LogP contribution in [0.25, 0.3) is 0 Å². The summed E-state index contributed by atoms with van der Waals surface area (Å²) in [6.45, 7) is 4.07. The summed E-state index contributed by atoms with van der Waals surface area (Å²) in [5.41, 5.74) is 0.519. The molecule has 0 aliphatic heterocycles. The number of nitrogens with one attached hydrogen (secondary N) is 1. The van der Waals surface area contributed by atoms with Gasteiger partial charge in [-0.1, -0.05) is 0 Å². The fourth-order valence-electron chi connectivity index (χ4n) is 1.50. The third-order valence-electron chi connectivity index (χ3n) is 2.36. The number of sulfone groups is 1. The van der Waals surface area contributed by atoms with Crippen molar-refractivity contribution in [2.24, 2.45) is 0 Å². The van der Waals surface area contributed by atoms with Gasteiger partial charge in [-0.2, -0.15) is 0 Å². The van der Waals surface area contributed by atoms with Gasteiger partial charge in [-0.25, -0.2) is 8.42 Å². The highest BCUT2D eigenvalue weighted by molar-refractivity contribution is 9.10. The smallest absolute Gasteiger partial charge is 0.267 e. The Morgan fingerprint density at radius 1 is 1.50 bits per heavy atom. The molecular formula is C11H17BrN2O3S. The maximum absolute atomic E-state index is 11.9. The van der Waals surface area contributed by atoms with E-state index in [1.54, 1.807) is 6.07 Å². The van der Waals surface area contributed by atoms with Crippen molar-refractivity contribution in [1.29, 1.82) is 0 Å². The molecule has 18 heavy (non-hydrogen) atoms. The summed E-state index contributed by atoms with van der Waals surface area (Å²) in [6.07, 6.45) is 2.97. The summed E-state index contributed by atoms with van der Waals surface area (Å²) < 4.78 is 24.6. The lowest BCUT2D eigenvalue weighted by atomic mass is 10.3. The summed E-state index contributed by atoms with van der Waals surface area (Å²) in [5.74, 6) is -0.319. The normalized spacial score (nSPS) is 11.8. The van der Waals surface area contributed by atoms with E-state index < -0.39 is 9.84 Å². The highest BCUT2D eigenvalue weighted by Crippen LogP contribution is 2.19. The Hall–Kier alpha value is -0.820. The Kier molecular flexibility index (Phi) is 4.98. The maximum Gasteiger partial charge on any atom is 0.267 e. The molecule has 7 heteroatoms. The number of amides is 1. The third kappa shape index (κ3) is 4.45. The van der Waals surface area contributed by atoms with Gasteiger partial charge in [-0.05, 0) is 35.8 Å². The zero-order valence-corrected chi connectivity index (χ0v) is 13.0. The summed E-state index contributed by atoms with van der Waals surface area (Å²) in [5, 5.41) is 2.60. The first kappa shape index (κ1) is 15.2. The topological polar surface area (TPSA) is 68.2 Å². The molecule has 0 fully saturated rings. The lowest BCUT2D eigenvalue weighted by molar-refractivity contribution is 0.0945. The van der Waals surface area contributed by atoms with Crippen molar-refractivity contribution in [2.45, 2.75) is 19.9 Å². The molecule has 1 aromatic heterocycles. The molecule has 0 saturated heterocycles. The van der Waals surface area contributed by atoms with Gasteiger partial charge in [0.1, 0.15) is 15.5 Å². The molecule has 1 heterocycles. The van der Waals surface area contributed by atoms with E-state index in [1.165, 1.54) is 0 Å². The molecule has 0 spiro atoms. The molecule has 1 amide bonds. The van der Waals surface area contributed by atoms with E-state index in [9.17, 15) is 13.2 Å². The molecule has 0 saturated carbocycles. The van der Waals surface area contributed by atoms with Gasteiger partial charge in [-0.3, -0.25) is 4.79 Å². The van der Waals surface area contributed by atoms with Gasteiger partial charge < -0.3 is 9.88 Å². The number of carbonyl (C=O) groups excluding carboxylic acids is 1. The largest absolute Gasteiger partial charge is 0.350 e. The minimum Gasteiger partial charge on any atom is -0.350 e. The quantitative estimate of drug-likeness (QED) is 0.888. The fraction of sp³-hybridized carbons (Fsp3) is 0.545. The van der Waals surface area contributed by atoms with Crippen LogP contribution in [-0.4, -0.2) is 37.4 Å². The Balaban J connectivity index is 2.73. The van der Waals surface area contributed by atoms with Crippen LogP contribution in [0, 0.1) is 0 Å². The second kappa shape index (κ2) is 5.88. The van der Waals surface area contributed by atoms with Gasteiger partial charge in [0.05, 0.1) is 5.75 Å². The van der Waals surface area contributed by atoms with E-state index >= 15 is 0 Å². The first-order valence-corrected chi connectivity index (χ1v) is 8.39. The van der Waals surface area contributed by atoms with Crippen LogP contribution in [-0.2, 0) is 9.84 Å². The number of rotatable bonds is 5. The second-order valence-corrected chi connectivity index (χ2v) is 7.61. The summed E-state index contributed by atoms with van der Waals surface area (Å²) >= 11 is 3.32. The van der Waals surface area contributed by atoms with Crippen molar-refractivity contribution in [3.63, 3.8) is 0 Å². The summed E-state index contributed by atoms with van der Waals surface area (Å²) in [7, 11) is -3.05. The van der Waals surface area contributed by atoms with E-state index in [1.807, 2.05) is 24.6 Å². The first-order valence-electron chi connectivity index (χ1n) is 5.54. The van der Waals surface area contributed by atoms with E-state index in [2.05, 4.69) is 21.2 Å². The van der Waals surface area contributed by atoms with Crippen molar-refractivity contribution < 1.29 is 13.2 Å². The number of halogens is 1. The van der Waals surface area contributed by atoms with Crippen molar-refractivity contribution in [1.82, 2.24) is 9.88 Å². The van der Waals surface area contributed by atoms with Crippen LogP contribution in [0.2, 0.25) is 0 Å². The molecule has 102 valence electrons. The predicted octanol–water partition coefficient (Wildman–Crippen LogP) is 1.61. The molecule has 0 unspecified atom stereocenters. The molecule has 0 radical (unpaired) electrons. The fourth-order valence-corrected chi connectivity index (χ4v) is 2.41. The van der Waals surface area contributed by atoms with Crippen LogP contribution in [0.4, 0.5) is 0 Å². The molecule has 5 nitrogen and oxygen atoms in total. The molecule has 1 aromatic rings. The molecule has 1 rings (SSSR count). The monoisotopic (exact) mass is 336 g/mol. The Morgan fingerprint density at radius 3 is 2.61 bits per heavy atom. The Labute approximate surface area is 116 Å². The average molecular weight is 337 g/mol. The average Bonchev–Trinajstić information content (AvgIpc) is 2.58. The van der Waals surface area contributed by atoms with Gasteiger partial charge >= 0.3 is 0 Å².